The number of piperidine rings is 1. The highest BCUT2D eigenvalue weighted by Crippen LogP contribution is 2.35. The third kappa shape index (κ3) is 5.30. The molecule has 0 aromatic heterocycles. The molecule has 1 saturated heterocycles. The van der Waals surface area contributed by atoms with E-state index < -0.39 is 23.6 Å². The number of amides is 1. The van der Waals surface area contributed by atoms with Crippen LogP contribution in [0.1, 0.15) is 18.4 Å². The second-order valence-corrected chi connectivity index (χ2v) is 6.55. The Morgan fingerprint density at radius 1 is 1.37 bits per heavy atom. The van der Waals surface area contributed by atoms with Crippen LogP contribution in [-0.2, 0) is 25.6 Å². The van der Waals surface area contributed by atoms with Gasteiger partial charge in [-0.2, -0.15) is 0 Å². The number of ether oxygens (including phenoxy) is 3. The van der Waals surface area contributed by atoms with Crippen LogP contribution in [0.25, 0.3) is 0 Å². The number of esters is 1. The Kier molecular flexibility index (Phi) is 7.82. The largest absolute Gasteiger partial charge is 0.468 e. The molecular weight excluding hydrogens is 350 g/mol. The summed E-state index contributed by atoms with van der Waals surface area (Å²) in [5.41, 5.74) is -0.361. The first-order valence-corrected chi connectivity index (χ1v) is 8.94. The van der Waals surface area contributed by atoms with E-state index in [0.717, 1.165) is 5.56 Å². The zero-order valence-electron chi connectivity index (χ0n) is 15.6. The van der Waals surface area contributed by atoms with Crippen molar-refractivity contribution < 1.29 is 28.9 Å². The smallest absolute Gasteiger partial charge is 0.410 e. The number of methoxy groups -OCH3 is 1. The molecule has 1 aliphatic rings. The van der Waals surface area contributed by atoms with Crippen molar-refractivity contribution in [2.24, 2.45) is 5.41 Å². The predicted octanol–water partition coefficient (Wildman–Crippen LogP) is 2.14. The Morgan fingerprint density at radius 3 is 2.78 bits per heavy atom. The summed E-state index contributed by atoms with van der Waals surface area (Å²) in [6.07, 6.45) is 0.890. The fourth-order valence-electron chi connectivity index (χ4n) is 3.25. The van der Waals surface area contributed by atoms with E-state index in [2.05, 4.69) is 6.58 Å². The lowest BCUT2D eigenvalue weighted by Crippen LogP contribution is -2.57. The van der Waals surface area contributed by atoms with Gasteiger partial charge < -0.3 is 24.2 Å². The Hall–Kier alpha value is -2.38. The van der Waals surface area contributed by atoms with Crippen LogP contribution < -0.4 is 0 Å². The normalized spacial score (nSPS) is 20.6. The molecule has 2 atom stereocenters. The molecule has 1 aromatic carbocycles. The Labute approximate surface area is 159 Å². The third-order valence-electron chi connectivity index (χ3n) is 4.73. The number of hydrogen-bond acceptors (Lipinski definition) is 6. The molecule has 27 heavy (non-hydrogen) atoms. The number of aliphatic hydroxyl groups is 1. The topological polar surface area (TPSA) is 85.3 Å². The first-order valence-electron chi connectivity index (χ1n) is 8.94. The van der Waals surface area contributed by atoms with E-state index >= 15 is 0 Å². The first-order chi connectivity index (χ1) is 13.0. The molecule has 1 aromatic rings. The molecule has 1 heterocycles. The van der Waals surface area contributed by atoms with Crippen molar-refractivity contribution in [2.75, 3.05) is 33.4 Å². The van der Waals surface area contributed by atoms with Gasteiger partial charge in [0.05, 0.1) is 26.4 Å². The molecule has 1 N–H and O–H groups in total. The lowest BCUT2D eigenvalue weighted by atomic mass is 9.75. The van der Waals surface area contributed by atoms with Gasteiger partial charge in [-0.15, -0.1) is 6.58 Å². The number of hydrogen-bond donors (Lipinski definition) is 1. The molecule has 7 nitrogen and oxygen atoms in total. The molecule has 0 spiro atoms. The molecule has 7 heteroatoms. The van der Waals surface area contributed by atoms with Crippen LogP contribution >= 0.6 is 0 Å². The fraction of sp³-hybridized carbons (Fsp3) is 0.500. The standard InChI is InChI=1S/C20H27NO6/c1-3-12-26-14-17(22)20(18(23)25-2)10-7-11-21(15-20)19(24)27-13-16-8-5-4-6-9-16/h3-6,8-9,17,22H,1,7,10-15H2,2H3. The van der Waals surface area contributed by atoms with Crippen LogP contribution in [0, 0.1) is 5.41 Å². The van der Waals surface area contributed by atoms with Gasteiger partial charge >= 0.3 is 12.1 Å². The van der Waals surface area contributed by atoms with Gasteiger partial charge in [-0.25, -0.2) is 4.79 Å². The molecular formula is C20H27NO6. The number of rotatable bonds is 8. The molecule has 2 unspecified atom stereocenters. The van der Waals surface area contributed by atoms with Crippen molar-refractivity contribution in [3.63, 3.8) is 0 Å². The minimum absolute atomic E-state index is 0.0198. The van der Waals surface area contributed by atoms with Gasteiger partial charge in [-0.3, -0.25) is 4.79 Å². The van der Waals surface area contributed by atoms with Gasteiger partial charge in [-0.05, 0) is 18.4 Å². The van der Waals surface area contributed by atoms with E-state index in [0.29, 0.717) is 19.4 Å². The van der Waals surface area contributed by atoms with Crippen LogP contribution in [-0.4, -0.2) is 61.6 Å². The predicted molar refractivity (Wildman–Crippen MR) is 98.9 cm³/mol. The summed E-state index contributed by atoms with van der Waals surface area (Å²) in [5.74, 6) is -0.558. The molecule has 148 valence electrons. The van der Waals surface area contributed by atoms with E-state index in [4.69, 9.17) is 14.2 Å². The summed E-state index contributed by atoms with van der Waals surface area (Å²) in [6.45, 7) is 4.38. The lowest BCUT2D eigenvalue weighted by Gasteiger charge is -2.42. The van der Waals surface area contributed by atoms with Crippen LogP contribution in [0.3, 0.4) is 0 Å². The summed E-state index contributed by atoms with van der Waals surface area (Å²) in [4.78, 5) is 26.4. The van der Waals surface area contributed by atoms with Crippen molar-refractivity contribution in [1.82, 2.24) is 4.90 Å². The highest BCUT2D eigenvalue weighted by molar-refractivity contribution is 5.79. The zero-order chi connectivity index (χ0) is 19.7. The number of carbonyl (C=O) groups is 2. The van der Waals surface area contributed by atoms with Crippen LogP contribution in [0.4, 0.5) is 4.79 Å². The van der Waals surface area contributed by atoms with E-state index in [-0.39, 0.29) is 26.4 Å². The highest BCUT2D eigenvalue weighted by atomic mass is 16.6. The first kappa shape index (κ1) is 20.9. The summed E-state index contributed by atoms with van der Waals surface area (Å²) in [7, 11) is 1.27. The Balaban J connectivity index is 2.04. The average molecular weight is 377 g/mol. The quantitative estimate of drug-likeness (QED) is 0.424. The Morgan fingerprint density at radius 2 is 2.11 bits per heavy atom. The Bertz CT molecular complexity index is 635. The lowest BCUT2D eigenvalue weighted by molar-refractivity contribution is -0.169. The number of likely N-dealkylation sites (tertiary alicyclic amines) is 1. The molecule has 1 fully saturated rings. The molecule has 2 rings (SSSR count). The van der Waals surface area contributed by atoms with Gasteiger partial charge in [0.15, 0.2) is 0 Å². The summed E-state index contributed by atoms with van der Waals surface area (Å²) in [6, 6.07) is 9.35. The van der Waals surface area contributed by atoms with E-state index in [9.17, 15) is 14.7 Å². The number of carbonyl (C=O) groups excluding carboxylic acids is 2. The maximum Gasteiger partial charge on any atom is 0.410 e. The van der Waals surface area contributed by atoms with Crippen molar-refractivity contribution >= 4 is 12.1 Å². The van der Waals surface area contributed by atoms with Gasteiger partial charge in [-0.1, -0.05) is 36.4 Å². The second kappa shape index (κ2) is 10.1. The molecule has 1 aliphatic heterocycles. The van der Waals surface area contributed by atoms with E-state index in [1.165, 1.54) is 12.0 Å². The van der Waals surface area contributed by atoms with Crippen LogP contribution in [0.2, 0.25) is 0 Å². The summed E-state index contributed by atoms with van der Waals surface area (Å²) < 4.78 is 15.6. The number of benzene rings is 1. The van der Waals surface area contributed by atoms with E-state index in [1.807, 2.05) is 30.3 Å². The van der Waals surface area contributed by atoms with Crippen molar-refractivity contribution in [2.45, 2.75) is 25.6 Å². The van der Waals surface area contributed by atoms with Crippen LogP contribution in [0.15, 0.2) is 43.0 Å². The van der Waals surface area contributed by atoms with Crippen molar-refractivity contribution in [3.8, 4) is 0 Å². The molecule has 0 aliphatic carbocycles. The number of nitrogens with zero attached hydrogens (tertiary/aromatic N) is 1. The van der Waals surface area contributed by atoms with Gasteiger partial charge in [0.2, 0.25) is 0 Å². The highest BCUT2D eigenvalue weighted by Gasteiger charge is 2.50. The van der Waals surface area contributed by atoms with Gasteiger partial charge in [0.25, 0.3) is 0 Å². The second-order valence-electron chi connectivity index (χ2n) is 6.55. The summed E-state index contributed by atoms with van der Waals surface area (Å²) >= 11 is 0. The van der Waals surface area contributed by atoms with Crippen LogP contribution in [0.5, 0.6) is 0 Å². The van der Waals surface area contributed by atoms with Gasteiger partial charge in [0.1, 0.15) is 12.0 Å². The van der Waals surface area contributed by atoms with Crippen molar-refractivity contribution in [3.05, 3.63) is 48.6 Å². The molecule has 1 amide bonds. The third-order valence-corrected chi connectivity index (χ3v) is 4.73. The monoisotopic (exact) mass is 377 g/mol. The minimum atomic E-state index is -1.24. The minimum Gasteiger partial charge on any atom is -0.468 e. The molecule has 0 radical (unpaired) electrons. The maximum absolute atomic E-state index is 12.5. The molecule has 0 saturated carbocycles. The maximum atomic E-state index is 12.5. The number of aliphatic hydroxyl groups excluding tert-OH is 1. The fourth-order valence-corrected chi connectivity index (χ4v) is 3.25. The average Bonchev–Trinajstić information content (AvgIpc) is 2.72. The van der Waals surface area contributed by atoms with Gasteiger partial charge in [0, 0.05) is 13.1 Å². The van der Waals surface area contributed by atoms with Crippen molar-refractivity contribution in [1.29, 1.82) is 0 Å². The zero-order valence-corrected chi connectivity index (χ0v) is 15.6. The van der Waals surface area contributed by atoms with E-state index in [1.54, 1.807) is 6.08 Å². The molecule has 0 bridgehead atoms. The SMILES string of the molecule is C=CCOCC(O)C1(C(=O)OC)CCCN(C(=O)OCc2ccccc2)C1. The summed E-state index contributed by atoms with van der Waals surface area (Å²) in [5, 5.41) is 10.6.